The molecular weight excluding hydrogens is 384 g/mol. The molecular formula is C26H40FeO-6. The summed E-state index contributed by atoms with van der Waals surface area (Å²) in [5.74, 6) is 0.313. The van der Waals surface area contributed by atoms with E-state index in [0.29, 0.717) is 5.78 Å². The monoisotopic (exact) mass is 424 g/mol. The van der Waals surface area contributed by atoms with Gasteiger partial charge in [-0.3, -0.25) is 0 Å². The molecule has 2 rings (SSSR count). The molecule has 0 saturated carbocycles. The van der Waals surface area contributed by atoms with Crippen LogP contribution in [0.2, 0.25) is 0 Å². The number of carbonyl (C=O) groups excluding carboxylic acids is 1. The summed E-state index contributed by atoms with van der Waals surface area (Å²) in [4.78, 5) is 11.8. The Labute approximate surface area is 184 Å². The van der Waals surface area contributed by atoms with Crippen molar-refractivity contribution < 1.29 is 21.9 Å². The Bertz CT molecular complexity index is 495. The van der Waals surface area contributed by atoms with E-state index in [4.69, 9.17) is 0 Å². The predicted molar refractivity (Wildman–Crippen MR) is 119 cm³/mol. The van der Waals surface area contributed by atoms with Gasteiger partial charge in [-0.05, 0) is 12.8 Å². The van der Waals surface area contributed by atoms with Crippen LogP contribution in [0.3, 0.4) is 0 Å². The summed E-state index contributed by atoms with van der Waals surface area (Å²) in [5.41, 5.74) is 0.888. The molecule has 0 bridgehead atoms. The molecule has 0 spiro atoms. The van der Waals surface area contributed by atoms with Gasteiger partial charge in [-0.15, -0.1) is 0 Å². The fraction of sp³-hybridized carbons (Fsp3) is 0.577. The van der Waals surface area contributed by atoms with E-state index in [1.54, 1.807) is 0 Å². The van der Waals surface area contributed by atoms with Gasteiger partial charge < -0.3 is 35.1 Å². The minimum Gasteiger partial charge on any atom is -0.748 e. The number of hydrogen-bond donors (Lipinski definition) is 0. The zero-order valence-electron chi connectivity index (χ0n) is 17.9. The van der Waals surface area contributed by atoms with Crippen LogP contribution in [-0.2, 0) is 17.1 Å². The van der Waals surface area contributed by atoms with Gasteiger partial charge in [0.15, 0.2) is 0 Å². The average Bonchev–Trinajstić information content (AvgIpc) is 3.42. The van der Waals surface area contributed by atoms with Crippen molar-refractivity contribution in [2.75, 3.05) is 0 Å². The van der Waals surface area contributed by atoms with Gasteiger partial charge in [0.2, 0.25) is 0 Å². The SMILES string of the molecule is CCCCCCCCCCCCCCCC(=O)[c-]1cccc1.[Fe].[cH-]1[cH-][cH-][cH-][cH-]1. The van der Waals surface area contributed by atoms with Crippen molar-refractivity contribution in [1.29, 1.82) is 0 Å². The van der Waals surface area contributed by atoms with Crippen LogP contribution < -0.4 is 0 Å². The number of hydrogen-bond acceptors (Lipinski definition) is 1. The second-order valence-corrected chi connectivity index (χ2v) is 7.55. The second kappa shape index (κ2) is 20.6. The van der Waals surface area contributed by atoms with Crippen LogP contribution in [0.4, 0.5) is 0 Å². The van der Waals surface area contributed by atoms with E-state index in [-0.39, 0.29) is 17.1 Å². The van der Waals surface area contributed by atoms with Gasteiger partial charge in [0.05, 0.1) is 0 Å². The molecule has 0 N–H and O–H groups in total. The molecule has 0 radical (unpaired) electrons. The zero-order chi connectivity index (χ0) is 19.4. The van der Waals surface area contributed by atoms with Gasteiger partial charge in [-0.1, -0.05) is 89.5 Å². The minimum absolute atomic E-state index is 0. The van der Waals surface area contributed by atoms with E-state index >= 15 is 0 Å². The molecule has 1 nitrogen and oxygen atoms in total. The van der Waals surface area contributed by atoms with E-state index in [9.17, 15) is 4.79 Å². The number of ketones is 1. The average molecular weight is 424 g/mol. The first-order valence-electron chi connectivity index (χ1n) is 11.3. The zero-order valence-corrected chi connectivity index (χ0v) is 19.0. The van der Waals surface area contributed by atoms with Crippen LogP contribution >= 0.6 is 0 Å². The Kier molecular flexibility index (Phi) is 19.8. The first kappa shape index (κ1) is 26.9. The molecule has 0 saturated heterocycles. The summed E-state index contributed by atoms with van der Waals surface area (Å²) < 4.78 is 0. The van der Waals surface area contributed by atoms with Gasteiger partial charge in [-0.25, -0.2) is 12.1 Å². The third kappa shape index (κ3) is 15.9. The summed E-state index contributed by atoms with van der Waals surface area (Å²) in [7, 11) is 0. The smallest absolute Gasteiger partial charge is 0.108 e. The number of carbonyl (C=O) groups is 1. The fourth-order valence-electron chi connectivity index (χ4n) is 3.33. The Morgan fingerprint density at radius 2 is 1.00 bits per heavy atom. The molecule has 0 aliphatic carbocycles. The van der Waals surface area contributed by atoms with Crippen LogP contribution in [0.25, 0.3) is 0 Å². The van der Waals surface area contributed by atoms with Crippen molar-refractivity contribution >= 4 is 5.78 Å². The third-order valence-corrected chi connectivity index (χ3v) is 5.05. The van der Waals surface area contributed by atoms with Crippen molar-refractivity contribution in [2.45, 2.75) is 96.8 Å². The molecule has 0 unspecified atom stereocenters. The van der Waals surface area contributed by atoms with Crippen LogP contribution in [0.1, 0.15) is 107 Å². The summed E-state index contributed by atoms with van der Waals surface area (Å²) in [6, 6.07) is 17.7. The van der Waals surface area contributed by atoms with E-state index in [1.165, 1.54) is 77.0 Å². The van der Waals surface area contributed by atoms with Crippen LogP contribution in [0.5, 0.6) is 0 Å². The van der Waals surface area contributed by atoms with Crippen LogP contribution in [0.15, 0.2) is 54.6 Å². The Morgan fingerprint density at radius 1 is 0.643 bits per heavy atom. The quantitative estimate of drug-likeness (QED) is 0.121. The molecule has 0 aliphatic heterocycles. The first-order chi connectivity index (χ1) is 13.3. The molecule has 0 atom stereocenters. The van der Waals surface area contributed by atoms with Crippen molar-refractivity contribution in [3.8, 4) is 0 Å². The largest absolute Gasteiger partial charge is 0.748 e. The second-order valence-electron chi connectivity index (χ2n) is 7.55. The Morgan fingerprint density at radius 3 is 1.39 bits per heavy atom. The van der Waals surface area contributed by atoms with Gasteiger partial charge in [-0.2, -0.15) is 12.1 Å². The molecule has 2 aromatic carbocycles. The third-order valence-electron chi connectivity index (χ3n) is 5.05. The molecule has 28 heavy (non-hydrogen) atoms. The van der Waals surface area contributed by atoms with Gasteiger partial charge in [0.25, 0.3) is 0 Å². The Balaban J connectivity index is 0.00000105. The molecule has 0 fully saturated rings. The number of Topliss-reactive ketones (excluding diaryl/α,β-unsaturated/α-hetero) is 1. The first-order valence-corrected chi connectivity index (χ1v) is 11.3. The maximum atomic E-state index is 11.8. The summed E-state index contributed by atoms with van der Waals surface area (Å²) >= 11 is 0. The Hall–Kier alpha value is -1.11. The molecule has 0 amide bonds. The molecule has 0 aliphatic rings. The topological polar surface area (TPSA) is 17.1 Å². The van der Waals surface area contributed by atoms with E-state index in [1.807, 2.05) is 54.6 Å². The van der Waals surface area contributed by atoms with Crippen LogP contribution in [-0.4, -0.2) is 5.78 Å². The molecule has 0 aromatic heterocycles. The van der Waals surface area contributed by atoms with Crippen molar-refractivity contribution in [2.24, 2.45) is 0 Å². The predicted octanol–water partition coefficient (Wildman–Crippen LogP) is 8.47. The molecule has 2 heteroatoms. The van der Waals surface area contributed by atoms with Crippen molar-refractivity contribution in [1.82, 2.24) is 0 Å². The number of unbranched alkanes of at least 4 members (excludes halogenated alkanes) is 12. The maximum absolute atomic E-state index is 11.8. The summed E-state index contributed by atoms with van der Waals surface area (Å²) in [6.07, 6.45) is 18.3. The van der Waals surface area contributed by atoms with Gasteiger partial charge in [0.1, 0.15) is 5.78 Å². The maximum Gasteiger partial charge on any atom is 0.108 e. The molecule has 2 aromatic rings. The van der Waals surface area contributed by atoms with Crippen molar-refractivity contribution in [3.63, 3.8) is 0 Å². The molecule has 0 heterocycles. The summed E-state index contributed by atoms with van der Waals surface area (Å²) in [5, 5.41) is 0. The number of rotatable bonds is 15. The summed E-state index contributed by atoms with van der Waals surface area (Å²) in [6.45, 7) is 2.28. The van der Waals surface area contributed by atoms with E-state index in [0.717, 1.165) is 18.4 Å². The standard InChI is InChI=1S/C21H35O.C5H5.Fe/c1-2-3-4-5-6-7-8-9-10-11-12-13-14-19-21(22)20-17-15-16-18-20;1-2-4-5-3-1;/h15-18H,2-14,19H2,1H3;1-5H;/q-1;-5;. The fourth-order valence-corrected chi connectivity index (χ4v) is 3.33. The van der Waals surface area contributed by atoms with Crippen LogP contribution in [0, 0.1) is 0 Å². The van der Waals surface area contributed by atoms with Gasteiger partial charge >= 0.3 is 0 Å². The minimum atomic E-state index is 0. The normalized spacial score (nSPS) is 10.0. The van der Waals surface area contributed by atoms with E-state index < -0.39 is 0 Å². The van der Waals surface area contributed by atoms with Gasteiger partial charge in [0, 0.05) is 17.1 Å². The van der Waals surface area contributed by atoms with E-state index in [2.05, 4.69) is 6.92 Å². The van der Waals surface area contributed by atoms with Crippen molar-refractivity contribution in [3.05, 3.63) is 60.2 Å². The molecule has 164 valence electrons.